The minimum Gasteiger partial charge on any atom is -0.0648 e. The molecular weight excluding hydrogens is 84.1 g/mol. The summed E-state index contributed by atoms with van der Waals surface area (Å²) in [5, 5.41) is 0. The monoisotopic (exact) mass is 99.1 g/mol. The van der Waals surface area contributed by atoms with E-state index < -0.39 is 0 Å². The fourth-order valence-electron chi connectivity index (χ4n) is 0.750. The molecule has 0 aliphatic carbocycles. The number of rotatable bonds is 3. The lowest BCUT2D eigenvalue weighted by atomic mass is 10.0. The van der Waals surface area contributed by atoms with E-state index in [-0.39, 0.29) is 0 Å². The standard InChI is InChI=1S/C7H15/c1-4-7(5-2)6-3/h4-6H2,1-3H3. The van der Waals surface area contributed by atoms with Crippen molar-refractivity contribution in [3.05, 3.63) is 5.92 Å². The minimum atomic E-state index is 1.27. The summed E-state index contributed by atoms with van der Waals surface area (Å²) in [7, 11) is 0. The van der Waals surface area contributed by atoms with E-state index in [4.69, 9.17) is 0 Å². The van der Waals surface area contributed by atoms with Crippen LogP contribution < -0.4 is 0 Å². The molecule has 0 N–H and O–H groups in total. The highest BCUT2D eigenvalue weighted by Gasteiger charge is 1.96. The van der Waals surface area contributed by atoms with Crippen molar-refractivity contribution in [1.82, 2.24) is 0 Å². The molecule has 0 heterocycles. The first kappa shape index (κ1) is 7.00. The topological polar surface area (TPSA) is 0 Å². The van der Waals surface area contributed by atoms with E-state index in [0.29, 0.717) is 0 Å². The van der Waals surface area contributed by atoms with Gasteiger partial charge in [-0.25, -0.2) is 0 Å². The van der Waals surface area contributed by atoms with Gasteiger partial charge in [0.2, 0.25) is 0 Å². The highest BCUT2D eigenvalue weighted by molar-refractivity contribution is 4.83. The van der Waals surface area contributed by atoms with Crippen LogP contribution in [0.1, 0.15) is 40.0 Å². The Bertz CT molecular complexity index is 21.5. The molecule has 0 aromatic rings. The van der Waals surface area contributed by atoms with Gasteiger partial charge < -0.3 is 0 Å². The largest absolute Gasteiger partial charge is 0.0648 e. The molecule has 1 radical (unpaired) electrons. The molecule has 0 aromatic carbocycles. The fourth-order valence-corrected chi connectivity index (χ4v) is 0.750. The van der Waals surface area contributed by atoms with Gasteiger partial charge in [-0.15, -0.1) is 0 Å². The van der Waals surface area contributed by atoms with Gasteiger partial charge >= 0.3 is 0 Å². The lowest BCUT2D eigenvalue weighted by molar-refractivity contribution is 0.739. The summed E-state index contributed by atoms with van der Waals surface area (Å²) >= 11 is 0. The lowest BCUT2D eigenvalue weighted by Crippen LogP contribution is -1.88. The summed E-state index contributed by atoms with van der Waals surface area (Å²) in [4.78, 5) is 0. The zero-order valence-electron chi connectivity index (χ0n) is 5.62. The van der Waals surface area contributed by atoms with Crippen LogP contribution in [0.3, 0.4) is 0 Å². The van der Waals surface area contributed by atoms with E-state index in [2.05, 4.69) is 20.8 Å². The van der Waals surface area contributed by atoms with Gasteiger partial charge in [0.1, 0.15) is 0 Å². The van der Waals surface area contributed by atoms with Gasteiger partial charge in [-0.2, -0.15) is 0 Å². The zero-order valence-corrected chi connectivity index (χ0v) is 5.62. The van der Waals surface area contributed by atoms with Gasteiger partial charge in [-0.1, -0.05) is 20.8 Å². The van der Waals surface area contributed by atoms with Crippen LogP contribution in [-0.4, -0.2) is 0 Å². The van der Waals surface area contributed by atoms with Crippen LogP contribution in [0.25, 0.3) is 0 Å². The molecule has 0 rings (SSSR count). The van der Waals surface area contributed by atoms with E-state index in [1.54, 1.807) is 5.92 Å². The Morgan fingerprint density at radius 1 is 0.857 bits per heavy atom. The molecule has 0 atom stereocenters. The van der Waals surface area contributed by atoms with Crippen molar-refractivity contribution in [2.24, 2.45) is 0 Å². The third-order valence-electron chi connectivity index (χ3n) is 1.50. The highest BCUT2D eigenvalue weighted by Crippen LogP contribution is 2.12. The van der Waals surface area contributed by atoms with Crippen molar-refractivity contribution in [2.75, 3.05) is 0 Å². The Hall–Kier alpha value is 0. The molecule has 0 aliphatic heterocycles. The molecule has 43 valence electrons. The van der Waals surface area contributed by atoms with Crippen molar-refractivity contribution in [1.29, 1.82) is 0 Å². The minimum absolute atomic E-state index is 1.27. The molecule has 0 heteroatoms. The van der Waals surface area contributed by atoms with Gasteiger partial charge in [0, 0.05) is 0 Å². The first-order valence-electron chi connectivity index (χ1n) is 3.18. The number of hydrogen-bond acceptors (Lipinski definition) is 0. The quantitative estimate of drug-likeness (QED) is 0.510. The Labute approximate surface area is 46.9 Å². The summed E-state index contributed by atoms with van der Waals surface area (Å²) in [5.74, 6) is 1.68. The zero-order chi connectivity index (χ0) is 5.70. The van der Waals surface area contributed by atoms with Crippen molar-refractivity contribution in [2.45, 2.75) is 40.0 Å². The molecule has 0 saturated heterocycles. The van der Waals surface area contributed by atoms with Gasteiger partial charge in [-0.05, 0) is 25.2 Å². The Kier molecular flexibility index (Phi) is 4.17. The van der Waals surface area contributed by atoms with Crippen LogP contribution in [0, 0.1) is 5.92 Å². The molecule has 0 saturated carbocycles. The van der Waals surface area contributed by atoms with E-state index >= 15 is 0 Å². The van der Waals surface area contributed by atoms with Crippen LogP contribution in [0.2, 0.25) is 0 Å². The van der Waals surface area contributed by atoms with Crippen LogP contribution in [0.15, 0.2) is 0 Å². The third-order valence-corrected chi connectivity index (χ3v) is 1.50. The molecular formula is C7H15. The van der Waals surface area contributed by atoms with E-state index in [1.807, 2.05) is 0 Å². The summed E-state index contributed by atoms with van der Waals surface area (Å²) in [5.41, 5.74) is 0. The van der Waals surface area contributed by atoms with Gasteiger partial charge in [-0.3, -0.25) is 0 Å². The molecule has 0 bridgehead atoms. The predicted molar refractivity (Wildman–Crippen MR) is 34.1 cm³/mol. The molecule has 0 aliphatic rings. The maximum absolute atomic E-state index is 2.22. The van der Waals surface area contributed by atoms with Gasteiger partial charge in [0.15, 0.2) is 0 Å². The SMILES string of the molecule is CC[C](CC)CC. The second-order valence-corrected chi connectivity index (χ2v) is 1.81. The average molecular weight is 99.2 g/mol. The maximum atomic E-state index is 2.22. The Balaban J connectivity index is 2.99. The first-order chi connectivity index (χ1) is 3.35. The first-order valence-corrected chi connectivity index (χ1v) is 3.18. The second kappa shape index (κ2) is 4.17. The molecule has 7 heavy (non-hydrogen) atoms. The number of hydrogen-bond donors (Lipinski definition) is 0. The molecule has 0 spiro atoms. The normalized spacial score (nSPS) is 10.3. The molecule has 0 aromatic heterocycles. The van der Waals surface area contributed by atoms with E-state index in [1.165, 1.54) is 19.3 Å². The second-order valence-electron chi connectivity index (χ2n) is 1.81. The van der Waals surface area contributed by atoms with Crippen molar-refractivity contribution in [3.8, 4) is 0 Å². The van der Waals surface area contributed by atoms with E-state index in [0.717, 1.165) is 0 Å². The fraction of sp³-hybridized carbons (Fsp3) is 0.857. The Morgan fingerprint density at radius 3 is 1.14 bits per heavy atom. The summed E-state index contributed by atoms with van der Waals surface area (Å²) < 4.78 is 0. The summed E-state index contributed by atoms with van der Waals surface area (Å²) in [6.07, 6.45) is 3.81. The van der Waals surface area contributed by atoms with Crippen LogP contribution >= 0.6 is 0 Å². The Morgan fingerprint density at radius 2 is 1.14 bits per heavy atom. The molecule has 0 amide bonds. The summed E-state index contributed by atoms with van der Waals surface area (Å²) in [6.45, 7) is 6.67. The molecule has 0 nitrogen and oxygen atoms in total. The van der Waals surface area contributed by atoms with Gasteiger partial charge in [0.05, 0.1) is 0 Å². The van der Waals surface area contributed by atoms with Gasteiger partial charge in [0.25, 0.3) is 0 Å². The average Bonchev–Trinajstić information content (AvgIpc) is 1.72. The third kappa shape index (κ3) is 2.67. The smallest absolute Gasteiger partial charge is 0.0249 e. The van der Waals surface area contributed by atoms with Crippen molar-refractivity contribution in [3.63, 3.8) is 0 Å². The lowest BCUT2D eigenvalue weighted by Gasteiger charge is -2.04. The maximum Gasteiger partial charge on any atom is -0.0249 e. The van der Waals surface area contributed by atoms with Crippen LogP contribution in [-0.2, 0) is 0 Å². The molecule has 0 fully saturated rings. The molecule has 0 unspecified atom stereocenters. The van der Waals surface area contributed by atoms with Crippen molar-refractivity contribution >= 4 is 0 Å². The predicted octanol–water partition coefficient (Wildman–Crippen LogP) is 2.79. The van der Waals surface area contributed by atoms with E-state index in [9.17, 15) is 0 Å². The van der Waals surface area contributed by atoms with Crippen molar-refractivity contribution < 1.29 is 0 Å². The summed E-state index contributed by atoms with van der Waals surface area (Å²) in [6, 6.07) is 0. The van der Waals surface area contributed by atoms with Crippen LogP contribution in [0.4, 0.5) is 0 Å². The van der Waals surface area contributed by atoms with Crippen LogP contribution in [0.5, 0.6) is 0 Å². The highest BCUT2D eigenvalue weighted by atomic mass is 14.0.